The van der Waals surface area contributed by atoms with Crippen molar-refractivity contribution < 1.29 is 9.53 Å². The minimum absolute atomic E-state index is 0.132. The number of hydrogen-bond acceptors (Lipinski definition) is 2. The number of methoxy groups -OCH3 is 1. The number of benzene rings is 1. The molecule has 0 spiro atoms. The Kier molecular flexibility index (Phi) is 5.91. The molecule has 2 N–H and O–H groups in total. The number of H-pyrrole nitrogens is 1. The average Bonchev–Trinajstić information content (AvgIpc) is 3.04. The van der Waals surface area contributed by atoms with E-state index in [9.17, 15) is 4.79 Å². The van der Waals surface area contributed by atoms with Crippen molar-refractivity contribution in [3.8, 4) is 0 Å². The van der Waals surface area contributed by atoms with Crippen LogP contribution in [0, 0.1) is 5.92 Å². The van der Waals surface area contributed by atoms with E-state index in [1.807, 2.05) is 0 Å². The van der Waals surface area contributed by atoms with Crippen LogP contribution in [-0.4, -0.2) is 31.2 Å². The van der Waals surface area contributed by atoms with Crippen LogP contribution in [0.2, 0.25) is 0 Å². The molecule has 1 amide bonds. The van der Waals surface area contributed by atoms with Crippen LogP contribution >= 0.6 is 0 Å². The summed E-state index contributed by atoms with van der Waals surface area (Å²) in [5, 5.41) is 4.25. The van der Waals surface area contributed by atoms with Crippen LogP contribution < -0.4 is 5.32 Å². The highest BCUT2D eigenvalue weighted by molar-refractivity contribution is 5.85. The summed E-state index contributed by atoms with van der Waals surface area (Å²) in [7, 11) is 1.66. The van der Waals surface area contributed by atoms with E-state index in [1.54, 1.807) is 7.11 Å². The number of hydrogen-bond donors (Lipinski definition) is 2. The summed E-state index contributed by atoms with van der Waals surface area (Å²) in [6.45, 7) is 1.15. The van der Waals surface area contributed by atoms with Gasteiger partial charge in [-0.05, 0) is 36.3 Å². The van der Waals surface area contributed by atoms with Gasteiger partial charge in [0, 0.05) is 37.2 Å². The second-order valence-corrected chi connectivity index (χ2v) is 6.84. The molecule has 2 aromatic rings. The number of ether oxygens (including phenoxy) is 1. The number of aromatic nitrogens is 1. The number of fused-ring (bicyclic) bond motifs is 1. The van der Waals surface area contributed by atoms with Gasteiger partial charge in [-0.1, -0.05) is 37.5 Å². The van der Waals surface area contributed by atoms with Crippen molar-refractivity contribution in [2.24, 2.45) is 5.92 Å². The summed E-state index contributed by atoms with van der Waals surface area (Å²) < 4.78 is 5.02. The molecule has 130 valence electrons. The minimum atomic E-state index is 0.132. The highest BCUT2D eigenvalue weighted by atomic mass is 16.5. The van der Waals surface area contributed by atoms with Crippen molar-refractivity contribution in [1.82, 2.24) is 10.3 Å². The molecule has 1 heterocycles. The Morgan fingerprint density at radius 3 is 2.88 bits per heavy atom. The molecule has 1 atom stereocenters. The van der Waals surface area contributed by atoms with E-state index in [0.29, 0.717) is 31.4 Å². The Bertz CT molecular complexity index is 658. The molecule has 3 rings (SSSR count). The topological polar surface area (TPSA) is 54.1 Å². The van der Waals surface area contributed by atoms with E-state index in [4.69, 9.17) is 4.74 Å². The molecule has 1 aliphatic rings. The standard InChI is InChI=1S/C20H28N2O2/c1-24-12-11-21-20(23)13-17(15-7-3-2-4-8-15)18-14-22-19-10-6-5-9-16(18)19/h5-6,9-10,14-15,17,22H,2-4,7-8,11-13H2,1H3,(H,21,23)/t17-/m1/s1. The molecular weight excluding hydrogens is 300 g/mol. The van der Waals surface area contributed by atoms with Crippen molar-refractivity contribution >= 4 is 16.8 Å². The van der Waals surface area contributed by atoms with E-state index in [-0.39, 0.29) is 5.91 Å². The van der Waals surface area contributed by atoms with Gasteiger partial charge in [0.2, 0.25) is 5.91 Å². The number of aromatic amines is 1. The van der Waals surface area contributed by atoms with Gasteiger partial charge in [-0.15, -0.1) is 0 Å². The van der Waals surface area contributed by atoms with E-state index >= 15 is 0 Å². The lowest BCUT2D eigenvalue weighted by Gasteiger charge is -2.30. The number of carbonyl (C=O) groups is 1. The molecule has 1 fully saturated rings. The fourth-order valence-electron chi connectivity index (χ4n) is 4.03. The Hall–Kier alpha value is -1.81. The normalized spacial score (nSPS) is 17.0. The lowest BCUT2D eigenvalue weighted by Crippen LogP contribution is -2.30. The molecule has 1 aromatic heterocycles. The fourth-order valence-corrected chi connectivity index (χ4v) is 4.03. The van der Waals surface area contributed by atoms with Gasteiger partial charge in [0.15, 0.2) is 0 Å². The molecule has 24 heavy (non-hydrogen) atoms. The summed E-state index contributed by atoms with van der Waals surface area (Å²) in [4.78, 5) is 15.8. The number of nitrogens with one attached hydrogen (secondary N) is 2. The van der Waals surface area contributed by atoms with Crippen LogP contribution in [-0.2, 0) is 9.53 Å². The third-order valence-corrected chi connectivity index (χ3v) is 5.27. The van der Waals surface area contributed by atoms with Gasteiger partial charge in [0.25, 0.3) is 0 Å². The van der Waals surface area contributed by atoms with E-state index in [1.165, 1.54) is 43.1 Å². The smallest absolute Gasteiger partial charge is 0.220 e. The first kappa shape index (κ1) is 17.0. The zero-order valence-corrected chi connectivity index (χ0v) is 14.5. The van der Waals surface area contributed by atoms with Crippen molar-refractivity contribution in [2.75, 3.05) is 20.3 Å². The predicted octanol–water partition coefficient (Wildman–Crippen LogP) is 3.98. The lowest BCUT2D eigenvalue weighted by atomic mass is 9.75. The molecule has 0 radical (unpaired) electrons. The Labute approximate surface area is 144 Å². The fraction of sp³-hybridized carbons (Fsp3) is 0.550. The molecule has 4 heteroatoms. The summed E-state index contributed by atoms with van der Waals surface area (Å²) in [5.74, 6) is 1.03. The zero-order chi connectivity index (χ0) is 16.8. The van der Waals surface area contributed by atoms with Crippen LogP contribution in [0.5, 0.6) is 0 Å². The third kappa shape index (κ3) is 3.99. The third-order valence-electron chi connectivity index (χ3n) is 5.27. The predicted molar refractivity (Wildman–Crippen MR) is 97.1 cm³/mol. The molecule has 0 bridgehead atoms. The average molecular weight is 328 g/mol. The molecule has 0 unspecified atom stereocenters. The Morgan fingerprint density at radius 1 is 1.29 bits per heavy atom. The van der Waals surface area contributed by atoms with Crippen LogP contribution in [0.4, 0.5) is 0 Å². The second-order valence-electron chi connectivity index (χ2n) is 6.84. The maximum Gasteiger partial charge on any atom is 0.220 e. The van der Waals surface area contributed by atoms with Gasteiger partial charge in [-0.25, -0.2) is 0 Å². The van der Waals surface area contributed by atoms with Gasteiger partial charge in [-0.3, -0.25) is 4.79 Å². The number of amides is 1. The first-order valence-corrected chi connectivity index (χ1v) is 9.11. The van der Waals surface area contributed by atoms with E-state index in [2.05, 4.69) is 40.8 Å². The molecule has 0 aliphatic heterocycles. The second kappa shape index (κ2) is 8.34. The number of para-hydroxylation sites is 1. The Morgan fingerprint density at radius 2 is 2.08 bits per heavy atom. The maximum absolute atomic E-state index is 12.4. The van der Waals surface area contributed by atoms with Gasteiger partial charge < -0.3 is 15.0 Å². The van der Waals surface area contributed by atoms with Gasteiger partial charge >= 0.3 is 0 Å². The van der Waals surface area contributed by atoms with Crippen LogP contribution in [0.15, 0.2) is 30.5 Å². The van der Waals surface area contributed by atoms with Crippen LogP contribution in [0.3, 0.4) is 0 Å². The van der Waals surface area contributed by atoms with Crippen LogP contribution in [0.1, 0.15) is 50.0 Å². The summed E-state index contributed by atoms with van der Waals surface area (Å²) in [6, 6.07) is 8.40. The summed E-state index contributed by atoms with van der Waals surface area (Å²) in [5.41, 5.74) is 2.47. The first-order valence-electron chi connectivity index (χ1n) is 9.11. The SMILES string of the molecule is COCCNC(=O)C[C@@H](c1c[nH]c2ccccc12)C1CCCCC1. The maximum atomic E-state index is 12.4. The lowest BCUT2D eigenvalue weighted by molar-refractivity contribution is -0.122. The number of carbonyl (C=O) groups excluding carboxylic acids is 1. The van der Waals surface area contributed by atoms with Gasteiger partial charge in [0.1, 0.15) is 0 Å². The Balaban J connectivity index is 1.80. The van der Waals surface area contributed by atoms with Crippen molar-refractivity contribution in [1.29, 1.82) is 0 Å². The van der Waals surface area contributed by atoms with E-state index in [0.717, 1.165) is 5.52 Å². The highest BCUT2D eigenvalue weighted by Crippen LogP contribution is 2.40. The van der Waals surface area contributed by atoms with Gasteiger partial charge in [-0.2, -0.15) is 0 Å². The minimum Gasteiger partial charge on any atom is -0.383 e. The molecule has 1 aliphatic carbocycles. The van der Waals surface area contributed by atoms with Crippen molar-refractivity contribution in [3.05, 3.63) is 36.0 Å². The molecular formula is C20H28N2O2. The molecule has 1 aromatic carbocycles. The van der Waals surface area contributed by atoms with Crippen molar-refractivity contribution in [3.63, 3.8) is 0 Å². The first-order chi connectivity index (χ1) is 11.8. The van der Waals surface area contributed by atoms with Crippen LogP contribution in [0.25, 0.3) is 10.9 Å². The van der Waals surface area contributed by atoms with E-state index < -0.39 is 0 Å². The quantitative estimate of drug-likeness (QED) is 0.755. The molecule has 4 nitrogen and oxygen atoms in total. The largest absolute Gasteiger partial charge is 0.383 e. The highest BCUT2D eigenvalue weighted by Gasteiger charge is 2.28. The molecule has 0 saturated heterocycles. The molecule has 1 saturated carbocycles. The van der Waals surface area contributed by atoms with Gasteiger partial charge in [0.05, 0.1) is 6.61 Å². The number of rotatable bonds is 7. The summed E-state index contributed by atoms with van der Waals surface area (Å²) in [6.07, 6.45) is 9.05. The monoisotopic (exact) mass is 328 g/mol. The van der Waals surface area contributed by atoms with Crippen molar-refractivity contribution in [2.45, 2.75) is 44.4 Å². The zero-order valence-electron chi connectivity index (χ0n) is 14.5. The summed E-state index contributed by atoms with van der Waals surface area (Å²) >= 11 is 0.